The summed E-state index contributed by atoms with van der Waals surface area (Å²) in [7, 11) is 0. The Morgan fingerprint density at radius 1 is 1.23 bits per heavy atom. The van der Waals surface area contributed by atoms with Crippen molar-refractivity contribution in [2.75, 3.05) is 24.1 Å². The van der Waals surface area contributed by atoms with Crippen LogP contribution in [-0.2, 0) is 4.74 Å². The zero-order valence-electron chi connectivity index (χ0n) is 17.2. The molecule has 0 radical (unpaired) electrons. The third kappa shape index (κ3) is 5.49. The summed E-state index contributed by atoms with van der Waals surface area (Å²) < 4.78 is 40.0. The van der Waals surface area contributed by atoms with E-state index in [0.29, 0.717) is 37.4 Å². The predicted octanol–water partition coefficient (Wildman–Crippen LogP) is 4.46. The summed E-state index contributed by atoms with van der Waals surface area (Å²) in [6.45, 7) is 6.18. The summed E-state index contributed by atoms with van der Waals surface area (Å²) in [6, 6.07) is 5.54. The molecular formula is C21H26F2N4O3. The van der Waals surface area contributed by atoms with E-state index in [1.54, 1.807) is 37.8 Å². The van der Waals surface area contributed by atoms with Gasteiger partial charge in [0.2, 0.25) is 0 Å². The van der Waals surface area contributed by atoms with Crippen molar-refractivity contribution in [3.05, 3.63) is 42.1 Å². The monoisotopic (exact) mass is 420 g/mol. The Morgan fingerprint density at radius 2 is 1.87 bits per heavy atom. The Morgan fingerprint density at radius 3 is 2.43 bits per heavy atom. The van der Waals surface area contributed by atoms with Crippen molar-refractivity contribution in [2.45, 2.75) is 45.3 Å². The van der Waals surface area contributed by atoms with Crippen LogP contribution in [0.3, 0.4) is 0 Å². The van der Waals surface area contributed by atoms with Gasteiger partial charge in [-0.2, -0.15) is 0 Å². The largest absolute Gasteiger partial charge is 0.484 e. The molecule has 1 amide bonds. The van der Waals surface area contributed by atoms with E-state index in [1.165, 1.54) is 6.20 Å². The van der Waals surface area contributed by atoms with Crippen molar-refractivity contribution in [1.29, 1.82) is 0 Å². The lowest BCUT2D eigenvalue weighted by molar-refractivity contribution is 0.0119. The fourth-order valence-corrected chi connectivity index (χ4v) is 3.05. The number of piperidine rings is 1. The van der Waals surface area contributed by atoms with Gasteiger partial charge in [0.1, 0.15) is 11.7 Å². The van der Waals surface area contributed by atoms with Crippen molar-refractivity contribution >= 4 is 23.3 Å². The van der Waals surface area contributed by atoms with Crippen molar-refractivity contribution in [3.63, 3.8) is 0 Å². The highest BCUT2D eigenvalue weighted by Gasteiger charge is 2.28. The molecule has 30 heavy (non-hydrogen) atoms. The molecule has 7 nitrogen and oxygen atoms in total. The lowest BCUT2D eigenvalue weighted by atomic mass is 10.1. The van der Waals surface area contributed by atoms with Gasteiger partial charge in [-0.25, -0.2) is 18.6 Å². The second-order valence-corrected chi connectivity index (χ2v) is 8.12. The molecule has 3 rings (SSSR count). The lowest BCUT2D eigenvalue weighted by Crippen LogP contribution is -2.44. The summed E-state index contributed by atoms with van der Waals surface area (Å²) in [5.41, 5.74) is 5.74. The van der Waals surface area contributed by atoms with E-state index in [4.69, 9.17) is 15.2 Å². The number of likely N-dealkylation sites (tertiary alicyclic amines) is 1. The van der Waals surface area contributed by atoms with Gasteiger partial charge in [0, 0.05) is 49.9 Å². The number of hydrogen-bond acceptors (Lipinski definition) is 6. The highest BCUT2D eigenvalue weighted by atomic mass is 19.1. The van der Waals surface area contributed by atoms with Crippen LogP contribution in [0, 0.1) is 11.6 Å². The maximum atomic E-state index is 14.5. The van der Waals surface area contributed by atoms with Gasteiger partial charge in [-0.15, -0.1) is 0 Å². The third-order valence-corrected chi connectivity index (χ3v) is 4.48. The molecule has 1 aromatic carbocycles. The normalized spacial score (nSPS) is 15.0. The van der Waals surface area contributed by atoms with E-state index in [0.717, 1.165) is 12.1 Å². The summed E-state index contributed by atoms with van der Waals surface area (Å²) in [5.74, 6) is -1.80. The SMILES string of the molecule is CC(C)(C)OC(=O)N1CCC(Oc2c(F)cc(Nc3ncccc3N)cc2F)CC1. The molecule has 2 aromatic rings. The number of hydrogen-bond donors (Lipinski definition) is 2. The minimum Gasteiger partial charge on any atom is -0.484 e. The van der Waals surface area contributed by atoms with Gasteiger partial charge in [-0.1, -0.05) is 0 Å². The smallest absolute Gasteiger partial charge is 0.410 e. The van der Waals surface area contributed by atoms with Crippen molar-refractivity contribution in [2.24, 2.45) is 0 Å². The zero-order valence-corrected chi connectivity index (χ0v) is 17.2. The highest BCUT2D eigenvalue weighted by Crippen LogP contribution is 2.30. The van der Waals surface area contributed by atoms with Crippen molar-refractivity contribution in [1.82, 2.24) is 9.88 Å². The first kappa shape index (κ1) is 21.6. The third-order valence-electron chi connectivity index (χ3n) is 4.48. The van der Waals surface area contributed by atoms with Crippen LogP contribution in [-0.4, -0.2) is 40.8 Å². The van der Waals surface area contributed by atoms with Crippen molar-refractivity contribution in [3.8, 4) is 5.75 Å². The van der Waals surface area contributed by atoms with Crippen LogP contribution in [0.5, 0.6) is 5.75 Å². The number of aromatic nitrogens is 1. The number of nitrogens with two attached hydrogens (primary N) is 1. The minimum atomic E-state index is -0.832. The molecule has 1 saturated heterocycles. The van der Waals surface area contributed by atoms with Gasteiger partial charge in [0.15, 0.2) is 23.2 Å². The van der Waals surface area contributed by atoms with E-state index >= 15 is 0 Å². The number of amides is 1. The van der Waals surface area contributed by atoms with Gasteiger partial charge in [-0.05, 0) is 32.9 Å². The number of benzene rings is 1. The van der Waals surface area contributed by atoms with Crippen LogP contribution in [0.4, 0.5) is 30.8 Å². The Balaban J connectivity index is 1.61. The Labute approximate surface area is 174 Å². The number of anilines is 3. The van der Waals surface area contributed by atoms with Crippen LogP contribution in [0.25, 0.3) is 0 Å². The molecule has 0 bridgehead atoms. The zero-order chi connectivity index (χ0) is 21.9. The van der Waals surface area contributed by atoms with E-state index in [2.05, 4.69) is 10.3 Å². The van der Waals surface area contributed by atoms with E-state index < -0.39 is 35.2 Å². The molecule has 0 spiro atoms. The maximum absolute atomic E-state index is 14.5. The Bertz CT molecular complexity index is 886. The number of nitrogen functional groups attached to an aromatic ring is 1. The number of carbonyl (C=O) groups excluding carboxylic acids is 1. The average Bonchev–Trinajstić information content (AvgIpc) is 2.66. The van der Waals surface area contributed by atoms with Gasteiger partial charge in [0.05, 0.1) is 5.69 Å². The summed E-state index contributed by atoms with van der Waals surface area (Å²) >= 11 is 0. The summed E-state index contributed by atoms with van der Waals surface area (Å²) in [5, 5.41) is 2.79. The predicted molar refractivity (Wildman–Crippen MR) is 110 cm³/mol. The van der Waals surface area contributed by atoms with Crippen molar-refractivity contribution < 1.29 is 23.0 Å². The van der Waals surface area contributed by atoms with E-state index in [1.807, 2.05) is 0 Å². The quantitative estimate of drug-likeness (QED) is 0.759. The van der Waals surface area contributed by atoms with Gasteiger partial charge < -0.3 is 25.4 Å². The van der Waals surface area contributed by atoms with Crippen LogP contribution in [0.2, 0.25) is 0 Å². The number of pyridine rings is 1. The molecule has 162 valence electrons. The second kappa shape index (κ2) is 8.73. The van der Waals surface area contributed by atoms with E-state index in [-0.39, 0.29) is 5.69 Å². The molecule has 3 N–H and O–H groups in total. The van der Waals surface area contributed by atoms with Gasteiger partial charge in [-0.3, -0.25) is 0 Å². The molecule has 0 aliphatic carbocycles. The van der Waals surface area contributed by atoms with Crippen LogP contribution in [0.1, 0.15) is 33.6 Å². The number of nitrogens with one attached hydrogen (secondary N) is 1. The number of carbonyl (C=O) groups is 1. The topological polar surface area (TPSA) is 89.7 Å². The van der Waals surface area contributed by atoms with E-state index in [9.17, 15) is 13.6 Å². The molecule has 1 aliphatic rings. The fraction of sp³-hybridized carbons (Fsp3) is 0.429. The molecule has 9 heteroatoms. The highest BCUT2D eigenvalue weighted by molar-refractivity contribution is 5.69. The number of halogens is 2. The van der Waals surface area contributed by atoms with Crippen LogP contribution in [0.15, 0.2) is 30.5 Å². The molecule has 1 fully saturated rings. The fourth-order valence-electron chi connectivity index (χ4n) is 3.05. The maximum Gasteiger partial charge on any atom is 0.410 e. The summed E-state index contributed by atoms with van der Waals surface area (Å²) in [4.78, 5) is 17.7. The molecule has 0 saturated carbocycles. The average molecular weight is 420 g/mol. The van der Waals surface area contributed by atoms with Gasteiger partial charge >= 0.3 is 6.09 Å². The Hall–Kier alpha value is -3.10. The first-order chi connectivity index (χ1) is 14.1. The number of ether oxygens (including phenoxy) is 2. The standard InChI is InChI=1S/C21H26F2N4O3/c1-21(2,3)30-20(28)27-9-6-14(7-10-27)29-18-15(22)11-13(12-16(18)23)26-19-17(24)5-4-8-25-19/h4-5,8,11-12,14H,6-7,9-10,24H2,1-3H3,(H,25,26). The second-order valence-electron chi connectivity index (χ2n) is 8.12. The Kier molecular flexibility index (Phi) is 6.28. The lowest BCUT2D eigenvalue weighted by Gasteiger charge is -2.33. The molecule has 0 atom stereocenters. The molecule has 2 heterocycles. The molecular weight excluding hydrogens is 394 g/mol. The minimum absolute atomic E-state index is 0.169. The number of nitrogens with zero attached hydrogens (tertiary/aromatic N) is 2. The molecule has 0 unspecified atom stereocenters. The van der Waals surface area contributed by atoms with Crippen LogP contribution >= 0.6 is 0 Å². The first-order valence-corrected chi connectivity index (χ1v) is 9.73. The first-order valence-electron chi connectivity index (χ1n) is 9.73. The molecule has 1 aromatic heterocycles. The van der Waals surface area contributed by atoms with Crippen LogP contribution < -0.4 is 15.8 Å². The number of rotatable bonds is 4. The summed E-state index contributed by atoms with van der Waals surface area (Å²) in [6.07, 6.45) is 1.61. The molecule has 1 aliphatic heterocycles. The van der Waals surface area contributed by atoms with Gasteiger partial charge in [0.25, 0.3) is 0 Å².